The molecule has 1 aliphatic carbocycles. The molecule has 0 saturated heterocycles. The van der Waals surface area contributed by atoms with Crippen LogP contribution in [-0.4, -0.2) is 11.9 Å². The molecule has 3 nitrogen and oxygen atoms in total. The largest absolute Gasteiger partial charge is 0.469 e. The predicted octanol–water partition coefficient (Wildman–Crippen LogP) is 4.57. The molecule has 1 aromatic heterocycles. The molecule has 1 fully saturated rings. The maximum absolute atomic E-state index is 12.2. The van der Waals surface area contributed by atoms with E-state index in [0.717, 1.165) is 18.4 Å². The molecule has 1 saturated carbocycles. The van der Waals surface area contributed by atoms with Crippen molar-refractivity contribution >= 4 is 29.1 Å². The van der Waals surface area contributed by atoms with Gasteiger partial charge in [-0.05, 0) is 43.5 Å². The van der Waals surface area contributed by atoms with Crippen molar-refractivity contribution in [3.63, 3.8) is 0 Å². The first-order valence-corrected chi connectivity index (χ1v) is 7.62. The van der Waals surface area contributed by atoms with E-state index in [0.29, 0.717) is 21.4 Å². The van der Waals surface area contributed by atoms with Gasteiger partial charge in [-0.15, -0.1) is 0 Å². The molecule has 0 unspecified atom stereocenters. The van der Waals surface area contributed by atoms with Crippen LogP contribution in [0.1, 0.15) is 40.4 Å². The number of carbonyl (C=O) groups is 1. The molecule has 0 aliphatic heterocycles. The number of hydrogen-bond acceptors (Lipinski definition) is 2. The predicted molar refractivity (Wildman–Crippen MR) is 83.1 cm³/mol. The molecule has 21 heavy (non-hydrogen) atoms. The van der Waals surface area contributed by atoms with Crippen molar-refractivity contribution in [2.45, 2.75) is 31.7 Å². The highest BCUT2D eigenvalue weighted by atomic mass is 35.5. The summed E-state index contributed by atoms with van der Waals surface area (Å²) < 4.78 is 5.17. The van der Waals surface area contributed by atoms with Gasteiger partial charge in [-0.2, -0.15) is 0 Å². The van der Waals surface area contributed by atoms with E-state index < -0.39 is 0 Å². The standard InChI is InChI=1S/C16H15Cl2NO2/c1-9-11(6-7-21-9)16(20)19-15-5-4-13(15)12-3-2-10(17)8-14(12)18/h2-3,6-8,13,15H,4-5H2,1H3,(H,19,20)/t13-,15-/m0/s1. The average molecular weight is 324 g/mol. The van der Waals surface area contributed by atoms with Gasteiger partial charge < -0.3 is 9.73 Å². The lowest BCUT2D eigenvalue weighted by Crippen LogP contribution is -2.45. The van der Waals surface area contributed by atoms with Gasteiger partial charge in [-0.3, -0.25) is 4.79 Å². The molecule has 0 spiro atoms. The van der Waals surface area contributed by atoms with Gasteiger partial charge in [0.1, 0.15) is 5.76 Å². The zero-order chi connectivity index (χ0) is 15.0. The molecule has 3 rings (SSSR count). The van der Waals surface area contributed by atoms with E-state index in [-0.39, 0.29) is 17.9 Å². The number of amides is 1. The van der Waals surface area contributed by atoms with E-state index in [1.165, 1.54) is 6.26 Å². The van der Waals surface area contributed by atoms with Gasteiger partial charge in [-0.25, -0.2) is 0 Å². The molecule has 1 heterocycles. The lowest BCUT2D eigenvalue weighted by molar-refractivity contribution is 0.0903. The Morgan fingerprint density at radius 2 is 2.10 bits per heavy atom. The minimum Gasteiger partial charge on any atom is -0.469 e. The Morgan fingerprint density at radius 3 is 2.67 bits per heavy atom. The third-order valence-corrected chi connectivity index (χ3v) is 4.62. The fourth-order valence-corrected chi connectivity index (χ4v) is 3.26. The van der Waals surface area contributed by atoms with Gasteiger partial charge in [-0.1, -0.05) is 29.3 Å². The highest BCUT2D eigenvalue weighted by Gasteiger charge is 2.35. The van der Waals surface area contributed by atoms with Gasteiger partial charge in [0.2, 0.25) is 0 Å². The second-order valence-electron chi connectivity index (χ2n) is 5.32. The first-order valence-electron chi connectivity index (χ1n) is 6.86. The first kappa shape index (κ1) is 14.5. The molecule has 1 amide bonds. The molecular formula is C16H15Cl2NO2. The maximum atomic E-state index is 12.2. The zero-order valence-corrected chi connectivity index (χ0v) is 13.0. The van der Waals surface area contributed by atoms with Gasteiger partial charge in [0.05, 0.1) is 11.8 Å². The molecule has 0 radical (unpaired) electrons. The topological polar surface area (TPSA) is 42.2 Å². The summed E-state index contributed by atoms with van der Waals surface area (Å²) in [5.41, 5.74) is 1.63. The van der Waals surface area contributed by atoms with Crippen LogP contribution in [0.2, 0.25) is 10.0 Å². The van der Waals surface area contributed by atoms with E-state index in [2.05, 4.69) is 5.32 Å². The number of hydrogen-bond donors (Lipinski definition) is 1. The van der Waals surface area contributed by atoms with Crippen molar-refractivity contribution in [1.29, 1.82) is 0 Å². The van der Waals surface area contributed by atoms with Crippen LogP contribution in [0.3, 0.4) is 0 Å². The molecular weight excluding hydrogens is 309 g/mol. The Hall–Kier alpha value is -1.45. The fraction of sp³-hybridized carbons (Fsp3) is 0.312. The van der Waals surface area contributed by atoms with Crippen LogP contribution in [-0.2, 0) is 0 Å². The number of nitrogens with one attached hydrogen (secondary N) is 1. The van der Waals surface area contributed by atoms with Crippen LogP contribution < -0.4 is 5.32 Å². The molecule has 1 aromatic carbocycles. The highest BCUT2D eigenvalue weighted by molar-refractivity contribution is 6.35. The summed E-state index contributed by atoms with van der Waals surface area (Å²) >= 11 is 12.2. The molecule has 0 bridgehead atoms. The number of aryl methyl sites for hydroxylation is 1. The monoisotopic (exact) mass is 323 g/mol. The second kappa shape index (κ2) is 5.74. The Balaban J connectivity index is 1.73. The van der Waals surface area contributed by atoms with Crippen molar-refractivity contribution in [2.24, 2.45) is 0 Å². The van der Waals surface area contributed by atoms with Gasteiger partial charge >= 0.3 is 0 Å². The quantitative estimate of drug-likeness (QED) is 0.898. The van der Waals surface area contributed by atoms with Crippen molar-refractivity contribution in [3.8, 4) is 0 Å². The van der Waals surface area contributed by atoms with Crippen LogP contribution in [0, 0.1) is 6.92 Å². The zero-order valence-electron chi connectivity index (χ0n) is 11.5. The van der Waals surface area contributed by atoms with Crippen molar-refractivity contribution in [1.82, 2.24) is 5.32 Å². The van der Waals surface area contributed by atoms with Gasteiger partial charge in [0.15, 0.2) is 0 Å². The van der Waals surface area contributed by atoms with E-state index >= 15 is 0 Å². The Bertz CT molecular complexity index is 681. The van der Waals surface area contributed by atoms with E-state index in [4.69, 9.17) is 27.6 Å². The van der Waals surface area contributed by atoms with Crippen LogP contribution in [0.25, 0.3) is 0 Å². The Morgan fingerprint density at radius 1 is 1.29 bits per heavy atom. The fourth-order valence-electron chi connectivity index (χ4n) is 2.71. The SMILES string of the molecule is Cc1occc1C(=O)N[C@H]1CC[C@H]1c1ccc(Cl)cc1Cl. The van der Waals surface area contributed by atoms with Crippen molar-refractivity contribution in [2.75, 3.05) is 0 Å². The van der Waals surface area contributed by atoms with Crippen LogP contribution in [0.5, 0.6) is 0 Å². The summed E-state index contributed by atoms with van der Waals surface area (Å²) in [6.45, 7) is 1.78. The highest BCUT2D eigenvalue weighted by Crippen LogP contribution is 2.41. The molecule has 2 aromatic rings. The van der Waals surface area contributed by atoms with Crippen molar-refractivity contribution < 1.29 is 9.21 Å². The molecule has 2 atom stereocenters. The molecule has 1 N–H and O–H groups in total. The summed E-state index contributed by atoms with van der Waals surface area (Å²) in [5, 5.41) is 4.34. The average Bonchev–Trinajstić information content (AvgIpc) is 2.84. The van der Waals surface area contributed by atoms with Crippen LogP contribution in [0.4, 0.5) is 0 Å². The van der Waals surface area contributed by atoms with E-state index in [1.807, 2.05) is 12.1 Å². The molecule has 1 aliphatic rings. The maximum Gasteiger partial charge on any atom is 0.255 e. The summed E-state index contributed by atoms with van der Waals surface area (Å²) in [4.78, 5) is 12.2. The third-order valence-electron chi connectivity index (χ3n) is 4.06. The smallest absolute Gasteiger partial charge is 0.255 e. The summed E-state index contributed by atoms with van der Waals surface area (Å²) in [5.74, 6) is 0.778. The second-order valence-corrected chi connectivity index (χ2v) is 6.16. The lowest BCUT2D eigenvalue weighted by atomic mass is 9.75. The number of benzene rings is 1. The van der Waals surface area contributed by atoms with Crippen LogP contribution >= 0.6 is 23.2 Å². The summed E-state index contributed by atoms with van der Waals surface area (Å²) in [6.07, 6.45) is 3.49. The number of halogens is 2. The van der Waals surface area contributed by atoms with Crippen LogP contribution in [0.15, 0.2) is 34.9 Å². The minimum atomic E-state index is -0.0963. The Labute approximate surface area is 133 Å². The third kappa shape index (κ3) is 2.81. The first-order chi connectivity index (χ1) is 10.1. The minimum absolute atomic E-state index is 0.0963. The molecule has 110 valence electrons. The van der Waals surface area contributed by atoms with Gasteiger partial charge in [0.25, 0.3) is 5.91 Å². The van der Waals surface area contributed by atoms with Crippen molar-refractivity contribution in [3.05, 3.63) is 57.5 Å². The number of rotatable bonds is 3. The van der Waals surface area contributed by atoms with E-state index in [9.17, 15) is 4.79 Å². The van der Waals surface area contributed by atoms with Gasteiger partial charge in [0, 0.05) is 22.0 Å². The van der Waals surface area contributed by atoms with E-state index in [1.54, 1.807) is 19.1 Å². The summed E-state index contributed by atoms with van der Waals surface area (Å²) in [7, 11) is 0. The number of carbonyl (C=O) groups excluding carboxylic acids is 1. The Kier molecular flexibility index (Phi) is 3.96. The molecule has 5 heteroatoms. The lowest BCUT2D eigenvalue weighted by Gasteiger charge is -2.38. The number of furan rings is 1. The normalized spacial score (nSPS) is 20.9. The summed E-state index contributed by atoms with van der Waals surface area (Å²) in [6, 6.07) is 7.31.